The van der Waals surface area contributed by atoms with Crippen molar-refractivity contribution >= 4 is 5.69 Å². The van der Waals surface area contributed by atoms with E-state index in [2.05, 4.69) is 10.6 Å². The second-order valence-electron chi connectivity index (χ2n) is 3.72. The first-order valence-corrected chi connectivity index (χ1v) is 5.11. The smallest absolute Gasteiger partial charge is 0.117 e. The van der Waals surface area contributed by atoms with Crippen molar-refractivity contribution in [1.29, 1.82) is 0 Å². The van der Waals surface area contributed by atoms with E-state index >= 15 is 0 Å². The van der Waals surface area contributed by atoms with Gasteiger partial charge < -0.3 is 15.7 Å². The van der Waals surface area contributed by atoms with Gasteiger partial charge in [0.15, 0.2) is 0 Å². The van der Waals surface area contributed by atoms with Crippen molar-refractivity contribution in [1.82, 2.24) is 5.32 Å². The molecule has 1 atom stereocenters. The number of anilines is 1. The number of hydrogen-bond donors (Lipinski definition) is 3. The molecule has 3 N–H and O–H groups in total. The number of phenols is 1. The molecule has 0 saturated carbocycles. The zero-order valence-corrected chi connectivity index (χ0v) is 8.16. The first-order valence-electron chi connectivity index (χ1n) is 5.11. The average Bonchev–Trinajstić information content (AvgIpc) is 2.67. The van der Waals surface area contributed by atoms with Gasteiger partial charge in [-0.2, -0.15) is 0 Å². The molecule has 0 radical (unpaired) electrons. The Hall–Kier alpha value is -1.22. The number of hydrogen-bond acceptors (Lipinski definition) is 3. The Morgan fingerprint density at radius 3 is 3.14 bits per heavy atom. The maximum Gasteiger partial charge on any atom is 0.117 e. The van der Waals surface area contributed by atoms with Crippen molar-refractivity contribution in [2.45, 2.75) is 18.9 Å². The summed E-state index contributed by atoms with van der Waals surface area (Å²) in [6.45, 7) is 2.07. The Morgan fingerprint density at radius 1 is 1.50 bits per heavy atom. The minimum Gasteiger partial charge on any atom is -0.508 e. The average molecular weight is 192 g/mol. The number of aromatic hydroxyl groups is 1. The molecule has 1 aliphatic heterocycles. The van der Waals surface area contributed by atoms with Crippen LogP contribution in [-0.4, -0.2) is 24.2 Å². The lowest BCUT2D eigenvalue weighted by Crippen LogP contribution is -2.29. The lowest BCUT2D eigenvalue weighted by molar-refractivity contribution is 0.475. The summed E-state index contributed by atoms with van der Waals surface area (Å²) < 4.78 is 0. The minimum absolute atomic E-state index is 0.314. The summed E-state index contributed by atoms with van der Waals surface area (Å²) in [7, 11) is 0. The summed E-state index contributed by atoms with van der Waals surface area (Å²) in [5, 5.41) is 16.0. The SMILES string of the molecule is Oc1cccc(NCC2CCCN2)c1. The molecule has 76 valence electrons. The lowest BCUT2D eigenvalue weighted by atomic mass is 10.2. The van der Waals surface area contributed by atoms with E-state index in [4.69, 9.17) is 0 Å². The van der Waals surface area contributed by atoms with Crippen LogP contribution in [0.4, 0.5) is 5.69 Å². The molecule has 0 aromatic heterocycles. The monoisotopic (exact) mass is 192 g/mol. The van der Waals surface area contributed by atoms with Crippen molar-refractivity contribution < 1.29 is 5.11 Å². The predicted molar refractivity (Wildman–Crippen MR) is 57.6 cm³/mol. The van der Waals surface area contributed by atoms with Gasteiger partial charge in [0.25, 0.3) is 0 Å². The largest absolute Gasteiger partial charge is 0.508 e. The van der Waals surface area contributed by atoms with Crippen LogP contribution in [0.1, 0.15) is 12.8 Å². The Balaban J connectivity index is 1.85. The van der Waals surface area contributed by atoms with Crippen LogP contribution in [0.3, 0.4) is 0 Å². The summed E-state index contributed by atoms with van der Waals surface area (Å²) in [5.74, 6) is 0.314. The summed E-state index contributed by atoms with van der Waals surface area (Å²) in [6.07, 6.45) is 2.51. The van der Waals surface area contributed by atoms with Crippen molar-refractivity contribution in [3.05, 3.63) is 24.3 Å². The second kappa shape index (κ2) is 4.33. The van der Waals surface area contributed by atoms with E-state index < -0.39 is 0 Å². The number of benzene rings is 1. The molecule has 0 bridgehead atoms. The van der Waals surface area contributed by atoms with E-state index in [9.17, 15) is 5.11 Å². The van der Waals surface area contributed by atoms with Crippen LogP contribution >= 0.6 is 0 Å². The Bertz CT molecular complexity index is 295. The van der Waals surface area contributed by atoms with Crippen molar-refractivity contribution in [3.8, 4) is 5.75 Å². The molecule has 1 aliphatic rings. The van der Waals surface area contributed by atoms with Gasteiger partial charge in [-0.05, 0) is 31.5 Å². The zero-order chi connectivity index (χ0) is 9.80. The van der Waals surface area contributed by atoms with Crippen LogP contribution in [0.25, 0.3) is 0 Å². The standard InChI is InChI=1S/C11H16N2O/c14-11-5-1-3-9(7-11)13-8-10-4-2-6-12-10/h1,3,5,7,10,12-14H,2,4,6,8H2. The van der Waals surface area contributed by atoms with E-state index in [1.54, 1.807) is 12.1 Å². The van der Waals surface area contributed by atoms with Crippen LogP contribution < -0.4 is 10.6 Å². The Kier molecular flexibility index (Phi) is 2.89. The normalized spacial score (nSPS) is 21.0. The summed E-state index contributed by atoms with van der Waals surface area (Å²) >= 11 is 0. The van der Waals surface area contributed by atoms with E-state index in [-0.39, 0.29) is 0 Å². The third-order valence-electron chi connectivity index (χ3n) is 2.56. The highest BCUT2D eigenvalue weighted by Gasteiger charge is 2.12. The first kappa shape index (κ1) is 9.34. The van der Waals surface area contributed by atoms with Gasteiger partial charge in [0.1, 0.15) is 5.75 Å². The van der Waals surface area contributed by atoms with Crippen LogP contribution in [0, 0.1) is 0 Å². The molecule has 1 saturated heterocycles. The fraction of sp³-hybridized carbons (Fsp3) is 0.455. The maximum atomic E-state index is 9.25. The molecule has 1 unspecified atom stereocenters. The molecule has 1 heterocycles. The summed E-state index contributed by atoms with van der Waals surface area (Å²) in [4.78, 5) is 0. The maximum absolute atomic E-state index is 9.25. The molecule has 3 heteroatoms. The molecule has 14 heavy (non-hydrogen) atoms. The van der Waals surface area contributed by atoms with Crippen LogP contribution in [0.2, 0.25) is 0 Å². The first-order chi connectivity index (χ1) is 6.84. The van der Waals surface area contributed by atoms with Crippen molar-refractivity contribution in [2.24, 2.45) is 0 Å². The highest BCUT2D eigenvalue weighted by Crippen LogP contribution is 2.15. The molecule has 1 aromatic rings. The van der Waals surface area contributed by atoms with Gasteiger partial charge in [-0.25, -0.2) is 0 Å². The van der Waals surface area contributed by atoms with Crippen LogP contribution in [0.5, 0.6) is 5.75 Å². The summed E-state index contributed by atoms with van der Waals surface area (Å²) in [6, 6.07) is 7.82. The molecule has 1 aromatic carbocycles. The topological polar surface area (TPSA) is 44.3 Å². The molecule has 1 fully saturated rings. The van der Waals surface area contributed by atoms with Gasteiger partial charge in [0, 0.05) is 24.3 Å². The van der Waals surface area contributed by atoms with E-state index in [1.165, 1.54) is 12.8 Å². The van der Waals surface area contributed by atoms with Gasteiger partial charge in [0.05, 0.1) is 0 Å². The quantitative estimate of drug-likeness (QED) is 0.681. The zero-order valence-electron chi connectivity index (χ0n) is 8.16. The van der Waals surface area contributed by atoms with E-state index in [1.807, 2.05) is 12.1 Å². The number of nitrogens with one attached hydrogen (secondary N) is 2. The van der Waals surface area contributed by atoms with E-state index in [0.29, 0.717) is 11.8 Å². The predicted octanol–water partition coefficient (Wildman–Crippen LogP) is 1.56. The van der Waals surface area contributed by atoms with Crippen LogP contribution in [0.15, 0.2) is 24.3 Å². The molecular weight excluding hydrogens is 176 g/mol. The van der Waals surface area contributed by atoms with Crippen molar-refractivity contribution in [3.63, 3.8) is 0 Å². The van der Waals surface area contributed by atoms with Gasteiger partial charge in [-0.3, -0.25) is 0 Å². The highest BCUT2D eigenvalue weighted by atomic mass is 16.3. The molecule has 0 amide bonds. The van der Waals surface area contributed by atoms with Gasteiger partial charge >= 0.3 is 0 Å². The molecule has 0 spiro atoms. The van der Waals surface area contributed by atoms with Gasteiger partial charge in [-0.1, -0.05) is 6.07 Å². The highest BCUT2D eigenvalue weighted by molar-refractivity contribution is 5.47. The van der Waals surface area contributed by atoms with E-state index in [0.717, 1.165) is 18.8 Å². The van der Waals surface area contributed by atoms with Crippen molar-refractivity contribution in [2.75, 3.05) is 18.4 Å². The third-order valence-corrected chi connectivity index (χ3v) is 2.56. The number of rotatable bonds is 3. The summed E-state index contributed by atoms with van der Waals surface area (Å²) in [5.41, 5.74) is 0.985. The second-order valence-corrected chi connectivity index (χ2v) is 3.72. The van der Waals surface area contributed by atoms with Crippen LogP contribution in [-0.2, 0) is 0 Å². The molecule has 3 nitrogen and oxygen atoms in total. The Labute approximate surface area is 84.1 Å². The molecular formula is C11H16N2O. The molecule has 2 rings (SSSR count). The lowest BCUT2D eigenvalue weighted by Gasteiger charge is -2.12. The van der Waals surface area contributed by atoms with Gasteiger partial charge in [0.2, 0.25) is 0 Å². The fourth-order valence-corrected chi connectivity index (χ4v) is 1.79. The molecule has 0 aliphatic carbocycles. The fourth-order valence-electron chi connectivity index (χ4n) is 1.79. The minimum atomic E-state index is 0.314. The number of phenolic OH excluding ortho intramolecular Hbond substituents is 1. The Morgan fingerprint density at radius 2 is 2.43 bits per heavy atom. The van der Waals surface area contributed by atoms with Gasteiger partial charge in [-0.15, -0.1) is 0 Å². The third kappa shape index (κ3) is 2.39.